The molecule has 1 aromatic carbocycles. The molecule has 0 atom stereocenters. The lowest BCUT2D eigenvalue weighted by Crippen LogP contribution is -2.27. The molecule has 1 N–H and O–H groups in total. The molecule has 0 spiro atoms. The zero-order chi connectivity index (χ0) is 19.8. The Kier molecular flexibility index (Phi) is 4.31. The standard InChI is InChI=1S/C20H18N4O4/c1-11-8-12(2)22-19-16(11)17-18(28-19)20(26)24(10-21-17)9-15(25)23-13-4-6-14(27-3)7-5-13/h4-8,10H,9H2,1-3H3,(H,23,25). The predicted octanol–water partition coefficient (Wildman–Crippen LogP) is 2.80. The van der Waals surface area contributed by atoms with Gasteiger partial charge in [0.25, 0.3) is 5.56 Å². The second-order valence-electron chi connectivity index (χ2n) is 6.49. The molecule has 3 aromatic heterocycles. The van der Waals surface area contributed by atoms with Gasteiger partial charge in [-0.25, -0.2) is 9.97 Å². The summed E-state index contributed by atoms with van der Waals surface area (Å²) in [5.74, 6) is 0.336. The minimum atomic E-state index is -0.426. The Bertz CT molecular complexity index is 1260. The first-order valence-corrected chi connectivity index (χ1v) is 8.66. The number of benzene rings is 1. The molecule has 3 heterocycles. The molecule has 8 heteroatoms. The van der Waals surface area contributed by atoms with Crippen molar-refractivity contribution in [2.75, 3.05) is 12.4 Å². The summed E-state index contributed by atoms with van der Waals surface area (Å²) in [5, 5.41) is 3.45. The van der Waals surface area contributed by atoms with E-state index in [-0.39, 0.29) is 18.0 Å². The van der Waals surface area contributed by atoms with Gasteiger partial charge in [0.05, 0.1) is 18.8 Å². The molecule has 0 aliphatic rings. The Hall–Kier alpha value is -3.68. The third kappa shape index (κ3) is 3.09. The summed E-state index contributed by atoms with van der Waals surface area (Å²) in [6, 6.07) is 8.82. The highest BCUT2D eigenvalue weighted by Crippen LogP contribution is 2.26. The maximum atomic E-state index is 12.8. The number of carbonyl (C=O) groups is 1. The topological polar surface area (TPSA) is 99.2 Å². The Morgan fingerprint density at radius 2 is 2.00 bits per heavy atom. The number of nitrogens with one attached hydrogen (secondary N) is 1. The molecule has 0 bridgehead atoms. The van der Waals surface area contributed by atoms with Gasteiger partial charge in [0.2, 0.25) is 17.2 Å². The smallest absolute Gasteiger partial charge is 0.297 e. The normalized spacial score (nSPS) is 11.1. The highest BCUT2D eigenvalue weighted by atomic mass is 16.5. The van der Waals surface area contributed by atoms with Crippen molar-refractivity contribution in [2.24, 2.45) is 0 Å². The summed E-state index contributed by atoms with van der Waals surface area (Å²) >= 11 is 0. The molecular formula is C20H18N4O4. The number of ether oxygens (including phenoxy) is 1. The molecule has 4 aromatic rings. The molecular weight excluding hydrogens is 360 g/mol. The van der Waals surface area contributed by atoms with Crippen molar-refractivity contribution in [3.63, 3.8) is 0 Å². The second-order valence-corrected chi connectivity index (χ2v) is 6.49. The lowest BCUT2D eigenvalue weighted by Gasteiger charge is -2.07. The van der Waals surface area contributed by atoms with Crippen molar-refractivity contribution in [1.82, 2.24) is 14.5 Å². The maximum Gasteiger partial charge on any atom is 0.297 e. The summed E-state index contributed by atoms with van der Waals surface area (Å²) in [6.45, 7) is 3.59. The Labute approximate surface area is 159 Å². The first-order valence-electron chi connectivity index (χ1n) is 8.66. The van der Waals surface area contributed by atoms with Gasteiger partial charge in [-0.05, 0) is 49.7 Å². The van der Waals surface area contributed by atoms with Crippen molar-refractivity contribution in [3.8, 4) is 5.75 Å². The Balaban J connectivity index is 1.64. The van der Waals surface area contributed by atoms with Crippen LogP contribution in [0.1, 0.15) is 11.3 Å². The van der Waals surface area contributed by atoms with Crippen LogP contribution in [0.2, 0.25) is 0 Å². The van der Waals surface area contributed by atoms with Gasteiger partial charge in [0.15, 0.2) is 0 Å². The van der Waals surface area contributed by atoms with E-state index in [1.165, 1.54) is 10.9 Å². The summed E-state index contributed by atoms with van der Waals surface area (Å²) in [5.41, 5.74) is 2.83. The van der Waals surface area contributed by atoms with Crippen LogP contribution in [0.5, 0.6) is 5.75 Å². The van der Waals surface area contributed by atoms with E-state index in [0.717, 1.165) is 11.3 Å². The molecule has 1 amide bonds. The van der Waals surface area contributed by atoms with Crippen LogP contribution in [0.15, 0.2) is 45.9 Å². The van der Waals surface area contributed by atoms with Gasteiger partial charge < -0.3 is 14.5 Å². The van der Waals surface area contributed by atoms with Gasteiger partial charge in [-0.3, -0.25) is 14.2 Å². The van der Waals surface area contributed by atoms with Crippen LogP contribution in [-0.4, -0.2) is 27.6 Å². The molecule has 0 unspecified atom stereocenters. The fraction of sp³-hybridized carbons (Fsp3) is 0.200. The van der Waals surface area contributed by atoms with Crippen LogP contribution in [0, 0.1) is 13.8 Å². The number of nitrogens with zero attached hydrogens (tertiary/aromatic N) is 3. The van der Waals surface area contributed by atoms with E-state index in [9.17, 15) is 9.59 Å². The monoisotopic (exact) mass is 378 g/mol. The number of hydrogen-bond acceptors (Lipinski definition) is 6. The van der Waals surface area contributed by atoms with Crippen molar-refractivity contribution in [3.05, 3.63) is 58.3 Å². The van der Waals surface area contributed by atoms with Gasteiger partial charge in [-0.15, -0.1) is 0 Å². The number of carbonyl (C=O) groups excluding carboxylic acids is 1. The minimum absolute atomic E-state index is 0.0935. The first kappa shape index (κ1) is 17.7. The molecule has 4 rings (SSSR count). The number of furan rings is 1. The molecule has 0 aliphatic carbocycles. The van der Waals surface area contributed by atoms with Crippen LogP contribution < -0.4 is 15.6 Å². The van der Waals surface area contributed by atoms with Gasteiger partial charge in [0, 0.05) is 11.4 Å². The van der Waals surface area contributed by atoms with Crippen molar-refractivity contribution in [2.45, 2.75) is 20.4 Å². The zero-order valence-electron chi connectivity index (χ0n) is 15.6. The summed E-state index contributed by atoms with van der Waals surface area (Å²) in [6.07, 6.45) is 1.35. The highest BCUT2D eigenvalue weighted by molar-refractivity contribution is 6.02. The van der Waals surface area contributed by atoms with Crippen LogP contribution >= 0.6 is 0 Å². The highest BCUT2D eigenvalue weighted by Gasteiger charge is 2.17. The van der Waals surface area contributed by atoms with Crippen molar-refractivity contribution in [1.29, 1.82) is 0 Å². The average Bonchev–Trinajstić information content (AvgIpc) is 3.04. The quantitative estimate of drug-likeness (QED) is 0.586. The third-order valence-electron chi connectivity index (χ3n) is 4.43. The number of rotatable bonds is 4. The molecule has 142 valence electrons. The molecule has 0 saturated carbocycles. The van der Waals surface area contributed by atoms with Crippen LogP contribution in [0.3, 0.4) is 0 Å². The maximum absolute atomic E-state index is 12.8. The fourth-order valence-corrected chi connectivity index (χ4v) is 3.14. The van der Waals surface area contributed by atoms with E-state index in [4.69, 9.17) is 9.15 Å². The largest absolute Gasteiger partial charge is 0.497 e. The number of pyridine rings is 1. The number of anilines is 1. The van der Waals surface area contributed by atoms with Crippen molar-refractivity contribution < 1.29 is 13.9 Å². The Morgan fingerprint density at radius 1 is 1.25 bits per heavy atom. The number of methoxy groups -OCH3 is 1. The predicted molar refractivity (Wildman–Crippen MR) is 105 cm³/mol. The number of hydrogen-bond donors (Lipinski definition) is 1. The average molecular weight is 378 g/mol. The second kappa shape index (κ2) is 6.80. The van der Waals surface area contributed by atoms with E-state index in [2.05, 4.69) is 15.3 Å². The summed E-state index contributed by atoms with van der Waals surface area (Å²) < 4.78 is 12.0. The molecule has 0 saturated heterocycles. The van der Waals surface area contributed by atoms with Gasteiger partial charge in [-0.1, -0.05) is 0 Å². The lowest BCUT2D eigenvalue weighted by atomic mass is 10.1. The lowest BCUT2D eigenvalue weighted by molar-refractivity contribution is -0.116. The van der Waals surface area contributed by atoms with E-state index in [1.54, 1.807) is 31.4 Å². The fourth-order valence-electron chi connectivity index (χ4n) is 3.14. The van der Waals surface area contributed by atoms with E-state index in [0.29, 0.717) is 28.1 Å². The van der Waals surface area contributed by atoms with E-state index in [1.807, 2.05) is 19.9 Å². The summed E-state index contributed by atoms with van der Waals surface area (Å²) in [4.78, 5) is 33.8. The van der Waals surface area contributed by atoms with E-state index >= 15 is 0 Å². The molecule has 28 heavy (non-hydrogen) atoms. The van der Waals surface area contributed by atoms with Gasteiger partial charge in [0.1, 0.15) is 17.8 Å². The van der Waals surface area contributed by atoms with Crippen LogP contribution in [0.4, 0.5) is 5.69 Å². The molecule has 0 radical (unpaired) electrons. The Morgan fingerprint density at radius 3 is 2.71 bits per heavy atom. The SMILES string of the molecule is COc1ccc(NC(=O)Cn2cnc3c(oc4nc(C)cc(C)c43)c2=O)cc1. The van der Waals surface area contributed by atoms with Crippen LogP contribution in [0.25, 0.3) is 22.2 Å². The van der Waals surface area contributed by atoms with E-state index < -0.39 is 5.56 Å². The number of amides is 1. The third-order valence-corrected chi connectivity index (χ3v) is 4.43. The van der Waals surface area contributed by atoms with Gasteiger partial charge >= 0.3 is 0 Å². The zero-order valence-corrected chi connectivity index (χ0v) is 15.6. The number of aromatic nitrogens is 3. The molecule has 0 fully saturated rings. The summed E-state index contributed by atoms with van der Waals surface area (Å²) in [7, 11) is 1.57. The number of fused-ring (bicyclic) bond motifs is 3. The van der Waals surface area contributed by atoms with Crippen molar-refractivity contribution >= 4 is 33.8 Å². The van der Waals surface area contributed by atoms with Crippen LogP contribution in [-0.2, 0) is 11.3 Å². The number of aryl methyl sites for hydroxylation is 2. The minimum Gasteiger partial charge on any atom is -0.497 e. The van der Waals surface area contributed by atoms with Gasteiger partial charge in [-0.2, -0.15) is 0 Å². The molecule has 8 nitrogen and oxygen atoms in total. The molecule has 0 aliphatic heterocycles. The first-order chi connectivity index (χ1) is 13.5.